The molecule has 0 fully saturated rings. The number of nitrogens with zero attached hydrogens (tertiary/aromatic N) is 1. The van der Waals surface area contributed by atoms with Crippen LogP contribution < -0.4 is 10.6 Å². The Kier molecular flexibility index (Phi) is 4.74. The van der Waals surface area contributed by atoms with Crippen molar-refractivity contribution in [3.8, 4) is 0 Å². The van der Waals surface area contributed by atoms with Crippen molar-refractivity contribution in [2.45, 2.75) is 27.2 Å². The lowest BCUT2D eigenvalue weighted by atomic mass is 10.1. The Balaban J connectivity index is 2.19. The van der Waals surface area contributed by atoms with Gasteiger partial charge in [0.2, 0.25) is 0 Å². The fourth-order valence-electron chi connectivity index (χ4n) is 1.84. The summed E-state index contributed by atoms with van der Waals surface area (Å²) in [7, 11) is 0. The van der Waals surface area contributed by atoms with Crippen molar-refractivity contribution in [2.75, 3.05) is 17.2 Å². The summed E-state index contributed by atoms with van der Waals surface area (Å²) in [6, 6.07) is 5.79. The van der Waals surface area contributed by atoms with E-state index in [1.807, 2.05) is 32.0 Å². The van der Waals surface area contributed by atoms with Crippen LogP contribution in [0.5, 0.6) is 0 Å². The number of aryl methyl sites for hydroxylation is 2. The van der Waals surface area contributed by atoms with Crippen molar-refractivity contribution in [2.24, 2.45) is 0 Å². The molecule has 1 amide bonds. The second-order valence-electron chi connectivity index (χ2n) is 4.71. The largest absolute Gasteiger partial charge is 0.384 e. The lowest BCUT2D eigenvalue weighted by molar-refractivity contribution is 0.102. The van der Waals surface area contributed by atoms with Crippen molar-refractivity contribution in [3.05, 3.63) is 40.4 Å². The van der Waals surface area contributed by atoms with E-state index in [0.29, 0.717) is 10.7 Å². The molecule has 0 atom stereocenters. The number of anilines is 2. The van der Waals surface area contributed by atoms with E-state index in [0.717, 1.165) is 29.1 Å². The molecule has 0 saturated heterocycles. The number of aromatic nitrogens is 1. The topological polar surface area (TPSA) is 54.0 Å². The van der Waals surface area contributed by atoms with Gasteiger partial charge in [0.25, 0.3) is 5.91 Å². The Morgan fingerprint density at radius 3 is 2.80 bits per heavy atom. The molecule has 4 nitrogen and oxygen atoms in total. The van der Waals surface area contributed by atoms with Crippen LogP contribution in [0.1, 0.15) is 34.1 Å². The van der Waals surface area contributed by atoms with Gasteiger partial charge in [-0.25, -0.2) is 4.98 Å². The van der Waals surface area contributed by atoms with Crippen LogP contribution in [0.2, 0.25) is 0 Å². The number of carbonyl (C=O) groups excluding carboxylic acids is 1. The average Bonchev–Trinajstić information content (AvgIpc) is 2.81. The van der Waals surface area contributed by atoms with Gasteiger partial charge in [0, 0.05) is 23.3 Å². The molecule has 0 spiro atoms. The number of carbonyl (C=O) groups is 1. The molecule has 2 N–H and O–H groups in total. The molecular formula is C15H19N3OS. The molecule has 1 aromatic carbocycles. The number of thiazole rings is 1. The zero-order valence-corrected chi connectivity index (χ0v) is 12.8. The third kappa shape index (κ3) is 3.57. The van der Waals surface area contributed by atoms with Gasteiger partial charge in [0.15, 0.2) is 5.13 Å². The SMILES string of the molecule is CCCNc1cc(C)ccc1C(=O)Nc1ncc(C)s1. The molecule has 0 saturated carbocycles. The molecule has 0 radical (unpaired) electrons. The van der Waals surface area contributed by atoms with Gasteiger partial charge in [-0.05, 0) is 38.0 Å². The Hall–Kier alpha value is -1.88. The van der Waals surface area contributed by atoms with E-state index in [2.05, 4.69) is 22.5 Å². The number of benzene rings is 1. The van der Waals surface area contributed by atoms with Crippen LogP contribution >= 0.6 is 11.3 Å². The standard InChI is InChI=1S/C15H19N3OS/c1-4-7-16-13-8-10(2)5-6-12(13)14(19)18-15-17-9-11(3)20-15/h5-6,8-9,16H,4,7H2,1-3H3,(H,17,18,19). The van der Waals surface area contributed by atoms with Crippen LogP contribution in [0.25, 0.3) is 0 Å². The first-order chi connectivity index (χ1) is 9.60. The second-order valence-corrected chi connectivity index (χ2v) is 5.94. The Morgan fingerprint density at radius 1 is 1.35 bits per heavy atom. The van der Waals surface area contributed by atoms with Crippen LogP contribution in [-0.4, -0.2) is 17.4 Å². The predicted molar refractivity (Wildman–Crippen MR) is 84.8 cm³/mol. The lowest BCUT2D eigenvalue weighted by Crippen LogP contribution is -2.15. The Bertz CT molecular complexity index is 607. The van der Waals surface area contributed by atoms with Crippen LogP contribution in [0.3, 0.4) is 0 Å². The molecule has 1 aromatic heterocycles. The molecule has 2 aromatic rings. The van der Waals surface area contributed by atoms with Gasteiger partial charge in [-0.2, -0.15) is 0 Å². The minimum atomic E-state index is -0.127. The molecule has 0 aliphatic rings. The van der Waals surface area contributed by atoms with Crippen molar-refractivity contribution >= 4 is 28.1 Å². The molecule has 5 heteroatoms. The van der Waals surface area contributed by atoms with Crippen LogP contribution in [-0.2, 0) is 0 Å². The van der Waals surface area contributed by atoms with E-state index in [9.17, 15) is 4.79 Å². The molecular weight excluding hydrogens is 270 g/mol. The molecule has 1 heterocycles. The van der Waals surface area contributed by atoms with E-state index < -0.39 is 0 Å². The van der Waals surface area contributed by atoms with Gasteiger partial charge in [-0.3, -0.25) is 10.1 Å². The highest BCUT2D eigenvalue weighted by Gasteiger charge is 2.13. The Morgan fingerprint density at radius 2 is 2.15 bits per heavy atom. The minimum Gasteiger partial charge on any atom is -0.384 e. The lowest BCUT2D eigenvalue weighted by Gasteiger charge is -2.11. The first kappa shape index (κ1) is 14.5. The predicted octanol–water partition coefficient (Wildman–Crippen LogP) is 3.83. The van der Waals surface area contributed by atoms with Gasteiger partial charge < -0.3 is 5.32 Å². The summed E-state index contributed by atoms with van der Waals surface area (Å²) >= 11 is 1.47. The Labute approximate surface area is 123 Å². The molecule has 106 valence electrons. The highest BCUT2D eigenvalue weighted by Crippen LogP contribution is 2.21. The first-order valence-corrected chi connectivity index (χ1v) is 7.50. The number of nitrogens with one attached hydrogen (secondary N) is 2. The minimum absolute atomic E-state index is 0.127. The van der Waals surface area contributed by atoms with E-state index in [1.54, 1.807) is 6.20 Å². The number of amides is 1. The van der Waals surface area contributed by atoms with Crippen molar-refractivity contribution < 1.29 is 4.79 Å². The maximum Gasteiger partial charge on any atom is 0.259 e. The average molecular weight is 289 g/mol. The zero-order chi connectivity index (χ0) is 14.5. The molecule has 2 rings (SSSR count). The number of rotatable bonds is 5. The zero-order valence-electron chi connectivity index (χ0n) is 12.0. The molecule has 20 heavy (non-hydrogen) atoms. The third-order valence-corrected chi connectivity index (χ3v) is 3.66. The fraction of sp³-hybridized carbons (Fsp3) is 0.333. The van der Waals surface area contributed by atoms with Gasteiger partial charge in [-0.15, -0.1) is 11.3 Å². The highest BCUT2D eigenvalue weighted by atomic mass is 32.1. The van der Waals surface area contributed by atoms with Crippen LogP contribution in [0, 0.1) is 13.8 Å². The maximum absolute atomic E-state index is 12.3. The van der Waals surface area contributed by atoms with E-state index in [1.165, 1.54) is 11.3 Å². The quantitative estimate of drug-likeness (QED) is 0.879. The molecule has 0 unspecified atom stereocenters. The molecule has 0 aliphatic carbocycles. The van der Waals surface area contributed by atoms with Crippen LogP contribution in [0.4, 0.5) is 10.8 Å². The monoisotopic (exact) mass is 289 g/mol. The second kappa shape index (κ2) is 6.52. The van der Waals surface area contributed by atoms with Gasteiger partial charge in [-0.1, -0.05) is 13.0 Å². The fourth-order valence-corrected chi connectivity index (χ4v) is 2.50. The van der Waals surface area contributed by atoms with E-state index in [4.69, 9.17) is 0 Å². The maximum atomic E-state index is 12.3. The van der Waals surface area contributed by atoms with E-state index >= 15 is 0 Å². The first-order valence-electron chi connectivity index (χ1n) is 6.68. The number of hydrogen-bond acceptors (Lipinski definition) is 4. The van der Waals surface area contributed by atoms with Crippen molar-refractivity contribution in [3.63, 3.8) is 0 Å². The summed E-state index contributed by atoms with van der Waals surface area (Å²) in [4.78, 5) is 17.6. The third-order valence-electron chi connectivity index (χ3n) is 2.83. The summed E-state index contributed by atoms with van der Waals surface area (Å²) in [5, 5.41) is 6.78. The summed E-state index contributed by atoms with van der Waals surface area (Å²) in [6.07, 6.45) is 2.77. The number of hydrogen-bond donors (Lipinski definition) is 2. The van der Waals surface area contributed by atoms with Gasteiger partial charge in [0.05, 0.1) is 5.56 Å². The normalized spacial score (nSPS) is 10.3. The van der Waals surface area contributed by atoms with Crippen molar-refractivity contribution in [1.82, 2.24) is 4.98 Å². The van der Waals surface area contributed by atoms with Gasteiger partial charge in [0.1, 0.15) is 0 Å². The summed E-state index contributed by atoms with van der Waals surface area (Å²) < 4.78 is 0. The van der Waals surface area contributed by atoms with Crippen molar-refractivity contribution in [1.29, 1.82) is 0 Å². The molecule has 0 bridgehead atoms. The highest BCUT2D eigenvalue weighted by molar-refractivity contribution is 7.15. The molecule has 0 aliphatic heterocycles. The summed E-state index contributed by atoms with van der Waals surface area (Å²) in [5.74, 6) is -0.127. The summed E-state index contributed by atoms with van der Waals surface area (Å²) in [6.45, 7) is 6.93. The van der Waals surface area contributed by atoms with Gasteiger partial charge >= 0.3 is 0 Å². The summed E-state index contributed by atoms with van der Waals surface area (Å²) in [5.41, 5.74) is 2.65. The smallest absolute Gasteiger partial charge is 0.259 e. The van der Waals surface area contributed by atoms with Crippen LogP contribution in [0.15, 0.2) is 24.4 Å². The van der Waals surface area contributed by atoms with E-state index in [-0.39, 0.29) is 5.91 Å².